The highest BCUT2D eigenvalue weighted by molar-refractivity contribution is 14.1. The summed E-state index contributed by atoms with van der Waals surface area (Å²) in [4.78, 5) is 39.8. The summed E-state index contributed by atoms with van der Waals surface area (Å²) in [6, 6.07) is 8.36. The van der Waals surface area contributed by atoms with Gasteiger partial charge in [-0.05, 0) is 77.2 Å². The number of aliphatic hydroxyl groups is 1. The molecule has 2 fully saturated rings. The van der Waals surface area contributed by atoms with E-state index in [1.54, 1.807) is 30.3 Å². The number of benzene rings is 2. The lowest BCUT2D eigenvalue weighted by molar-refractivity contribution is -0.134. The molecule has 0 aromatic heterocycles. The predicted molar refractivity (Wildman–Crippen MR) is 121 cm³/mol. The quantitative estimate of drug-likeness (QED) is 0.345. The van der Waals surface area contributed by atoms with Gasteiger partial charge in [0.2, 0.25) is 5.91 Å². The van der Waals surface area contributed by atoms with Gasteiger partial charge in [0.15, 0.2) is 0 Å². The number of imide groups is 1. The number of hydrogen-bond acceptors (Lipinski definition) is 5. The molecule has 10 heteroatoms. The Morgan fingerprint density at radius 1 is 1.25 bits per heavy atom. The predicted octanol–water partition coefficient (Wildman–Crippen LogP) is 2.81. The lowest BCUT2D eigenvalue weighted by atomic mass is 10.1. The van der Waals surface area contributed by atoms with Crippen LogP contribution in [0.1, 0.15) is 24.4 Å². The first kappa shape index (κ1) is 22.5. The van der Waals surface area contributed by atoms with Crippen molar-refractivity contribution in [3.63, 3.8) is 0 Å². The lowest BCUT2D eigenvalue weighted by Crippen LogP contribution is -2.49. The fraction of sp³-hybridized carbons (Fsp3) is 0.318. The molecule has 4 rings (SSSR count). The molecule has 0 spiro atoms. The highest BCUT2D eigenvalue weighted by Gasteiger charge is 2.50. The summed E-state index contributed by atoms with van der Waals surface area (Å²) in [6.45, 7) is 0.0240. The number of carbonyl (C=O) groups is 3. The van der Waals surface area contributed by atoms with Gasteiger partial charge in [0.25, 0.3) is 5.91 Å². The first-order chi connectivity index (χ1) is 15.4. The third-order valence-corrected chi connectivity index (χ3v) is 6.02. The molecule has 3 N–H and O–H groups in total. The Morgan fingerprint density at radius 3 is 2.59 bits per heavy atom. The van der Waals surface area contributed by atoms with Crippen molar-refractivity contribution in [3.8, 4) is 5.75 Å². The molecule has 32 heavy (non-hydrogen) atoms. The fourth-order valence-corrected chi connectivity index (χ4v) is 4.11. The summed E-state index contributed by atoms with van der Waals surface area (Å²) in [5, 5.41) is 14.0. The molecule has 1 saturated heterocycles. The van der Waals surface area contributed by atoms with Crippen LogP contribution in [0.25, 0.3) is 0 Å². The van der Waals surface area contributed by atoms with Crippen molar-refractivity contribution in [1.82, 2.24) is 10.2 Å². The molecule has 2 aromatic rings. The van der Waals surface area contributed by atoms with E-state index in [0.29, 0.717) is 27.7 Å². The molecule has 1 heterocycles. The largest absolute Gasteiger partial charge is 0.491 e. The van der Waals surface area contributed by atoms with E-state index >= 15 is 0 Å². The third kappa shape index (κ3) is 4.70. The minimum atomic E-state index is -1.02. The zero-order valence-electron chi connectivity index (χ0n) is 16.9. The second-order valence-electron chi connectivity index (χ2n) is 7.63. The SMILES string of the molecule is O=C(Nc1ccc(I)cc1F)C(C1CC1)N1C(=O)NC(c2ccc(OCCO)cc2)C1=O. The van der Waals surface area contributed by atoms with Crippen molar-refractivity contribution in [2.75, 3.05) is 18.5 Å². The van der Waals surface area contributed by atoms with Gasteiger partial charge in [-0.25, -0.2) is 14.1 Å². The zero-order chi connectivity index (χ0) is 22.8. The zero-order valence-corrected chi connectivity index (χ0v) is 19.0. The van der Waals surface area contributed by atoms with E-state index in [1.165, 1.54) is 12.1 Å². The average molecular weight is 553 g/mol. The van der Waals surface area contributed by atoms with Gasteiger partial charge in [0.05, 0.1) is 12.3 Å². The Morgan fingerprint density at radius 2 is 1.97 bits per heavy atom. The second-order valence-corrected chi connectivity index (χ2v) is 8.87. The van der Waals surface area contributed by atoms with Crippen LogP contribution in [0.15, 0.2) is 42.5 Å². The van der Waals surface area contributed by atoms with E-state index in [0.717, 1.165) is 4.90 Å². The molecule has 168 valence electrons. The van der Waals surface area contributed by atoms with Gasteiger partial charge in [0, 0.05) is 3.57 Å². The maximum absolute atomic E-state index is 14.2. The van der Waals surface area contributed by atoms with E-state index in [1.807, 2.05) is 22.6 Å². The summed E-state index contributed by atoms with van der Waals surface area (Å²) in [5.74, 6) is -1.35. The number of urea groups is 1. The van der Waals surface area contributed by atoms with Crippen LogP contribution in [0.5, 0.6) is 5.75 Å². The summed E-state index contributed by atoms with van der Waals surface area (Å²) in [5.41, 5.74) is 0.545. The van der Waals surface area contributed by atoms with Gasteiger partial charge in [-0.3, -0.25) is 9.59 Å². The number of halogens is 2. The van der Waals surface area contributed by atoms with Crippen molar-refractivity contribution in [2.24, 2.45) is 5.92 Å². The van der Waals surface area contributed by atoms with Crippen molar-refractivity contribution in [2.45, 2.75) is 24.9 Å². The molecule has 0 radical (unpaired) electrons. The Bertz CT molecular complexity index is 1040. The van der Waals surface area contributed by atoms with Crippen molar-refractivity contribution in [3.05, 3.63) is 57.4 Å². The average Bonchev–Trinajstić information content (AvgIpc) is 3.56. The van der Waals surface area contributed by atoms with Crippen LogP contribution in [0.2, 0.25) is 0 Å². The molecular weight excluding hydrogens is 532 g/mol. The summed E-state index contributed by atoms with van der Waals surface area (Å²) < 4.78 is 20.2. The normalized spacial score (nSPS) is 19.0. The third-order valence-electron chi connectivity index (χ3n) is 5.35. The van der Waals surface area contributed by atoms with Crippen LogP contribution < -0.4 is 15.4 Å². The summed E-state index contributed by atoms with van der Waals surface area (Å²) in [6.07, 6.45) is 1.40. The van der Waals surface area contributed by atoms with Crippen LogP contribution in [0, 0.1) is 15.3 Å². The van der Waals surface area contributed by atoms with Gasteiger partial charge in [-0.1, -0.05) is 12.1 Å². The Balaban J connectivity index is 1.52. The topological polar surface area (TPSA) is 108 Å². The minimum absolute atomic E-state index is 0.00291. The standard InChI is InChI=1S/C22H21FIN3O5/c23-16-11-14(24)5-8-17(16)25-20(29)19(13-1-2-13)27-21(30)18(26-22(27)31)12-3-6-15(7-4-12)32-10-9-28/h3-8,11,13,18-19,28H,1-2,9-10H2,(H,25,29)(H,26,31). The molecule has 8 nitrogen and oxygen atoms in total. The molecule has 2 atom stereocenters. The smallest absolute Gasteiger partial charge is 0.325 e. The second kappa shape index (κ2) is 9.41. The number of hydrogen-bond donors (Lipinski definition) is 3. The molecule has 2 aromatic carbocycles. The number of carbonyl (C=O) groups excluding carboxylic acids is 3. The van der Waals surface area contributed by atoms with Crippen LogP contribution in [0.3, 0.4) is 0 Å². The van der Waals surface area contributed by atoms with Gasteiger partial charge in [-0.15, -0.1) is 0 Å². The van der Waals surface area contributed by atoms with Crippen molar-refractivity contribution < 1.29 is 28.6 Å². The number of anilines is 1. The van der Waals surface area contributed by atoms with Gasteiger partial charge >= 0.3 is 6.03 Å². The molecule has 2 unspecified atom stereocenters. The number of aliphatic hydroxyl groups excluding tert-OH is 1. The maximum Gasteiger partial charge on any atom is 0.325 e. The van der Waals surface area contributed by atoms with Gasteiger partial charge in [-0.2, -0.15) is 0 Å². The first-order valence-electron chi connectivity index (χ1n) is 10.1. The minimum Gasteiger partial charge on any atom is -0.491 e. The number of ether oxygens (including phenoxy) is 1. The monoisotopic (exact) mass is 553 g/mol. The van der Waals surface area contributed by atoms with Crippen molar-refractivity contribution >= 4 is 46.1 Å². The molecule has 0 bridgehead atoms. The molecule has 4 amide bonds. The Kier molecular flexibility index (Phi) is 6.60. The first-order valence-corrected chi connectivity index (χ1v) is 11.2. The lowest BCUT2D eigenvalue weighted by Gasteiger charge is -2.24. The summed E-state index contributed by atoms with van der Waals surface area (Å²) in [7, 11) is 0. The van der Waals surface area contributed by atoms with Gasteiger partial charge in [0.1, 0.15) is 30.3 Å². The highest BCUT2D eigenvalue weighted by Crippen LogP contribution is 2.38. The van der Waals surface area contributed by atoms with Crippen molar-refractivity contribution in [1.29, 1.82) is 0 Å². The van der Waals surface area contributed by atoms with Crippen LogP contribution in [-0.2, 0) is 9.59 Å². The summed E-state index contributed by atoms with van der Waals surface area (Å²) >= 11 is 1.96. The number of nitrogens with one attached hydrogen (secondary N) is 2. The van der Waals surface area contributed by atoms with E-state index in [2.05, 4.69) is 10.6 Å². The van der Waals surface area contributed by atoms with Crippen LogP contribution >= 0.6 is 22.6 Å². The van der Waals surface area contributed by atoms with E-state index in [9.17, 15) is 18.8 Å². The number of nitrogens with zero attached hydrogens (tertiary/aromatic N) is 1. The van der Waals surface area contributed by atoms with Gasteiger partial charge < -0.3 is 20.5 Å². The Labute approximate surface area is 197 Å². The van der Waals surface area contributed by atoms with Crippen LogP contribution in [-0.4, -0.2) is 47.1 Å². The molecule has 2 aliphatic rings. The van der Waals surface area contributed by atoms with E-state index in [-0.39, 0.29) is 24.8 Å². The molecular formula is C22H21FIN3O5. The Hall–Kier alpha value is -2.73. The molecule has 1 aliphatic heterocycles. The van der Waals surface area contributed by atoms with Crippen LogP contribution in [0.4, 0.5) is 14.9 Å². The van der Waals surface area contributed by atoms with E-state index in [4.69, 9.17) is 9.84 Å². The molecule has 1 saturated carbocycles. The molecule has 1 aliphatic carbocycles. The van der Waals surface area contributed by atoms with E-state index < -0.39 is 35.7 Å². The number of amides is 4. The number of rotatable bonds is 8. The maximum atomic E-state index is 14.2. The fourth-order valence-electron chi connectivity index (χ4n) is 3.65. The highest BCUT2D eigenvalue weighted by atomic mass is 127.